The van der Waals surface area contributed by atoms with E-state index in [2.05, 4.69) is 15.4 Å². The summed E-state index contributed by atoms with van der Waals surface area (Å²) in [4.78, 5) is 26.4. The van der Waals surface area contributed by atoms with Gasteiger partial charge in [-0.2, -0.15) is 5.10 Å². The molecule has 106 valence electrons. The molecule has 0 aliphatic carbocycles. The average Bonchev–Trinajstić information content (AvgIpc) is 2.61. The lowest BCUT2D eigenvalue weighted by Crippen LogP contribution is -2.31. The summed E-state index contributed by atoms with van der Waals surface area (Å²) in [7, 11) is 1.78. The monoisotopic (exact) mass is 268 g/mol. The van der Waals surface area contributed by atoms with Crippen LogP contribution in [0.4, 0.5) is 0 Å². The van der Waals surface area contributed by atoms with Crippen LogP contribution in [0.25, 0.3) is 0 Å². The van der Waals surface area contributed by atoms with E-state index in [4.69, 9.17) is 5.11 Å². The van der Waals surface area contributed by atoms with Crippen molar-refractivity contribution < 1.29 is 14.7 Å². The molecule has 0 saturated carbocycles. The maximum Gasteiger partial charge on any atom is 0.303 e. The van der Waals surface area contributed by atoms with Crippen LogP contribution in [-0.4, -0.2) is 38.3 Å². The Kier molecular flexibility index (Phi) is 5.02. The highest BCUT2D eigenvalue weighted by Gasteiger charge is 2.24. The third kappa shape index (κ3) is 5.98. The van der Waals surface area contributed by atoms with Crippen molar-refractivity contribution in [2.24, 2.45) is 12.5 Å². The van der Waals surface area contributed by atoms with E-state index in [1.54, 1.807) is 31.9 Å². The van der Waals surface area contributed by atoms with Gasteiger partial charge >= 0.3 is 5.97 Å². The number of nitrogens with zero attached hydrogens (tertiary/aromatic N) is 3. The molecular formula is C12H20N4O3. The van der Waals surface area contributed by atoms with E-state index in [9.17, 15) is 9.59 Å². The first kappa shape index (κ1) is 15.1. The molecule has 1 aromatic rings. The molecular weight excluding hydrogens is 248 g/mol. The number of aliphatic carboxylic acids is 1. The van der Waals surface area contributed by atoms with E-state index >= 15 is 0 Å². The van der Waals surface area contributed by atoms with Crippen LogP contribution in [0.5, 0.6) is 0 Å². The Hall–Kier alpha value is -1.92. The molecule has 0 atom stereocenters. The van der Waals surface area contributed by atoms with Crippen LogP contribution < -0.4 is 5.32 Å². The second kappa shape index (κ2) is 6.31. The van der Waals surface area contributed by atoms with Crippen molar-refractivity contribution in [1.82, 2.24) is 20.1 Å². The first-order valence-corrected chi connectivity index (χ1v) is 6.11. The van der Waals surface area contributed by atoms with Gasteiger partial charge in [0.15, 0.2) is 5.82 Å². The van der Waals surface area contributed by atoms with Gasteiger partial charge in [0, 0.05) is 26.4 Å². The zero-order chi connectivity index (χ0) is 14.5. The van der Waals surface area contributed by atoms with Gasteiger partial charge in [0.2, 0.25) is 5.91 Å². The van der Waals surface area contributed by atoms with E-state index in [1.165, 1.54) is 0 Å². The minimum atomic E-state index is -0.893. The number of aryl methyl sites for hydroxylation is 1. The van der Waals surface area contributed by atoms with Crippen LogP contribution in [0.15, 0.2) is 6.33 Å². The van der Waals surface area contributed by atoms with Crippen molar-refractivity contribution in [3.05, 3.63) is 12.2 Å². The minimum absolute atomic E-state index is 0.0256. The van der Waals surface area contributed by atoms with Crippen LogP contribution in [0.3, 0.4) is 0 Å². The van der Waals surface area contributed by atoms with Crippen molar-refractivity contribution in [1.29, 1.82) is 0 Å². The number of rotatable bonds is 7. The predicted molar refractivity (Wildman–Crippen MR) is 68.4 cm³/mol. The minimum Gasteiger partial charge on any atom is -0.481 e. The standard InChI is InChI=1S/C12H20N4O3/c1-12(2,7-11(18)19)6-10(17)13-5-4-9-14-8-16(3)15-9/h8H,4-7H2,1-3H3,(H,13,17)(H,18,19). The van der Waals surface area contributed by atoms with Crippen LogP contribution in [-0.2, 0) is 23.1 Å². The molecule has 0 fully saturated rings. The van der Waals surface area contributed by atoms with Gasteiger partial charge in [0.25, 0.3) is 0 Å². The summed E-state index contributed by atoms with van der Waals surface area (Å²) in [6, 6.07) is 0. The number of carbonyl (C=O) groups is 2. The molecule has 0 aliphatic heterocycles. The summed E-state index contributed by atoms with van der Waals surface area (Å²) in [6.07, 6.45) is 2.33. The Morgan fingerprint density at radius 1 is 1.42 bits per heavy atom. The zero-order valence-corrected chi connectivity index (χ0v) is 11.5. The molecule has 7 heteroatoms. The first-order chi connectivity index (χ1) is 8.78. The van der Waals surface area contributed by atoms with Crippen molar-refractivity contribution in [2.45, 2.75) is 33.1 Å². The SMILES string of the molecule is Cn1cnc(CCNC(=O)CC(C)(C)CC(=O)O)n1. The summed E-state index contributed by atoms with van der Waals surface area (Å²) < 4.78 is 1.60. The van der Waals surface area contributed by atoms with Gasteiger partial charge in [-0.25, -0.2) is 4.98 Å². The fourth-order valence-corrected chi connectivity index (χ4v) is 1.78. The molecule has 1 aromatic heterocycles. The molecule has 1 rings (SSSR count). The maximum atomic E-state index is 11.7. The number of aromatic nitrogens is 3. The van der Waals surface area contributed by atoms with Gasteiger partial charge in [-0.3, -0.25) is 14.3 Å². The maximum absolute atomic E-state index is 11.7. The lowest BCUT2D eigenvalue weighted by molar-refractivity contribution is -0.139. The number of hydrogen-bond donors (Lipinski definition) is 2. The number of nitrogens with one attached hydrogen (secondary N) is 1. The van der Waals surface area contributed by atoms with E-state index < -0.39 is 11.4 Å². The van der Waals surface area contributed by atoms with Crippen LogP contribution in [0.2, 0.25) is 0 Å². The molecule has 1 heterocycles. The molecule has 0 saturated heterocycles. The second-order valence-electron chi connectivity index (χ2n) is 5.35. The molecule has 2 N–H and O–H groups in total. The normalized spacial score (nSPS) is 11.3. The van der Waals surface area contributed by atoms with Gasteiger partial charge in [-0.1, -0.05) is 13.8 Å². The van der Waals surface area contributed by atoms with E-state index in [0.717, 1.165) is 0 Å². The summed E-state index contributed by atoms with van der Waals surface area (Å²) >= 11 is 0. The van der Waals surface area contributed by atoms with E-state index in [-0.39, 0.29) is 18.7 Å². The Bertz CT molecular complexity index is 454. The fraction of sp³-hybridized carbons (Fsp3) is 0.667. The molecule has 7 nitrogen and oxygen atoms in total. The first-order valence-electron chi connectivity index (χ1n) is 6.11. The lowest BCUT2D eigenvalue weighted by Gasteiger charge is -2.21. The Labute approximate surface area is 112 Å². The number of carboxylic acids is 1. The average molecular weight is 268 g/mol. The Morgan fingerprint density at radius 3 is 2.63 bits per heavy atom. The van der Waals surface area contributed by atoms with Gasteiger partial charge < -0.3 is 10.4 Å². The van der Waals surface area contributed by atoms with Crippen molar-refractivity contribution in [2.75, 3.05) is 6.54 Å². The van der Waals surface area contributed by atoms with E-state index in [1.807, 2.05) is 0 Å². The van der Waals surface area contributed by atoms with E-state index in [0.29, 0.717) is 18.8 Å². The van der Waals surface area contributed by atoms with Gasteiger partial charge in [0.05, 0.1) is 6.42 Å². The highest BCUT2D eigenvalue weighted by molar-refractivity contribution is 5.77. The molecule has 0 aliphatic rings. The summed E-state index contributed by atoms with van der Waals surface area (Å²) in [5.74, 6) is -0.370. The van der Waals surface area contributed by atoms with Crippen LogP contribution in [0, 0.1) is 5.41 Å². The highest BCUT2D eigenvalue weighted by Crippen LogP contribution is 2.24. The smallest absolute Gasteiger partial charge is 0.303 e. The van der Waals surface area contributed by atoms with Gasteiger partial charge in [-0.15, -0.1) is 0 Å². The molecule has 0 spiro atoms. The number of hydrogen-bond acceptors (Lipinski definition) is 4. The number of amides is 1. The quantitative estimate of drug-likeness (QED) is 0.744. The third-order valence-electron chi connectivity index (χ3n) is 2.59. The Balaban J connectivity index is 2.29. The summed E-state index contributed by atoms with van der Waals surface area (Å²) in [6.45, 7) is 3.98. The third-order valence-corrected chi connectivity index (χ3v) is 2.59. The highest BCUT2D eigenvalue weighted by atomic mass is 16.4. The fourth-order valence-electron chi connectivity index (χ4n) is 1.78. The van der Waals surface area contributed by atoms with Crippen LogP contribution >= 0.6 is 0 Å². The predicted octanol–water partition coefficient (Wildman–Crippen LogP) is 0.365. The van der Waals surface area contributed by atoms with Crippen molar-refractivity contribution >= 4 is 11.9 Å². The summed E-state index contributed by atoms with van der Waals surface area (Å²) in [5, 5.41) is 15.6. The largest absolute Gasteiger partial charge is 0.481 e. The summed E-state index contributed by atoms with van der Waals surface area (Å²) in [5.41, 5.74) is -0.542. The lowest BCUT2D eigenvalue weighted by atomic mass is 9.85. The molecule has 0 unspecified atom stereocenters. The molecule has 0 aromatic carbocycles. The second-order valence-corrected chi connectivity index (χ2v) is 5.35. The van der Waals surface area contributed by atoms with Crippen molar-refractivity contribution in [3.63, 3.8) is 0 Å². The number of carbonyl (C=O) groups excluding carboxylic acids is 1. The van der Waals surface area contributed by atoms with Crippen LogP contribution in [0.1, 0.15) is 32.5 Å². The zero-order valence-electron chi connectivity index (χ0n) is 11.5. The number of carboxylic acid groups (broad SMARTS) is 1. The van der Waals surface area contributed by atoms with Gasteiger partial charge in [-0.05, 0) is 5.41 Å². The molecule has 19 heavy (non-hydrogen) atoms. The molecule has 0 radical (unpaired) electrons. The Morgan fingerprint density at radius 2 is 2.11 bits per heavy atom. The molecule has 0 bridgehead atoms. The molecule has 1 amide bonds. The van der Waals surface area contributed by atoms with Gasteiger partial charge in [0.1, 0.15) is 6.33 Å². The van der Waals surface area contributed by atoms with Crippen molar-refractivity contribution in [3.8, 4) is 0 Å². The topological polar surface area (TPSA) is 97.1 Å².